The van der Waals surface area contributed by atoms with E-state index in [9.17, 15) is 23.4 Å². The number of hydrogen-bond donors (Lipinski definition) is 2. The Morgan fingerprint density at radius 1 is 1.04 bits per heavy atom. The molecule has 3 aromatic rings. The van der Waals surface area contributed by atoms with Crippen LogP contribution in [0.4, 0.5) is 13.2 Å². The Balaban J connectivity index is 1.81. The van der Waals surface area contributed by atoms with Gasteiger partial charge in [-0.25, -0.2) is 4.98 Å². The second kappa shape index (κ2) is 8.13. The highest BCUT2D eigenvalue weighted by Gasteiger charge is 2.30. The summed E-state index contributed by atoms with van der Waals surface area (Å²) in [5, 5.41) is 21.8. The number of nitrogens with zero attached hydrogens (tertiary/aromatic N) is 2. The van der Waals surface area contributed by atoms with Crippen LogP contribution in [-0.2, 0) is 12.7 Å². The minimum atomic E-state index is -4.45. The molecule has 0 aliphatic rings. The average Bonchev–Trinajstić information content (AvgIpc) is 3.08. The minimum Gasteiger partial charge on any atom is -0.386 e. The number of rotatable bonds is 5. The topological polar surface area (TPSA) is 58.3 Å². The van der Waals surface area contributed by atoms with E-state index in [-0.39, 0.29) is 17.9 Å². The highest BCUT2D eigenvalue weighted by atomic mass is 35.5. The molecule has 0 aliphatic carbocycles. The van der Waals surface area contributed by atoms with Crippen molar-refractivity contribution in [2.45, 2.75) is 24.9 Å². The van der Waals surface area contributed by atoms with Crippen molar-refractivity contribution >= 4 is 23.2 Å². The lowest BCUT2D eigenvalue weighted by atomic mass is 10.1. The summed E-state index contributed by atoms with van der Waals surface area (Å²) in [6.45, 7) is 0.0361. The molecule has 2 N–H and O–H groups in total. The maximum Gasteiger partial charge on any atom is 0.416 e. The monoisotopic (exact) mass is 430 g/mol. The molecule has 0 amide bonds. The predicted octanol–water partition coefficient (Wildman–Crippen LogP) is 5.02. The zero-order chi connectivity index (χ0) is 20.5. The van der Waals surface area contributed by atoms with Gasteiger partial charge in [0.05, 0.1) is 18.2 Å². The van der Waals surface area contributed by atoms with Gasteiger partial charge in [-0.3, -0.25) is 0 Å². The molecule has 0 unspecified atom stereocenters. The molecule has 28 heavy (non-hydrogen) atoms. The van der Waals surface area contributed by atoms with Crippen LogP contribution in [0.15, 0.2) is 54.9 Å². The van der Waals surface area contributed by atoms with Gasteiger partial charge in [0.15, 0.2) is 0 Å². The second-order valence-electron chi connectivity index (χ2n) is 6.14. The molecule has 2 aromatic carbocycles. The fourth-order valence-electron chi connectivity index (χ4n) is 2.78. The van der Waals surface area contributed by atoms with E-state index in [0.717, 1.165) is 12.1 Å². The molecule has 1 aromatic heterocycles. The molecule has 0 spiro atoms. The first-order chi connectivity index (χ1) is 13.2. The van der Waals surface area contributed by atoms with Crippen LogP contribution in [0.5, 0.6) is 0 Å². The van der Waals surface area contributed by atoms with Crippen LogP contribution < -0.4 is 0 Å². The minimum absolute atomic E-state index is 0.0361. The van der Waals surface area contributed by atoms with Gasteiger partial charge in [-0.2, -0.15) is 13.2 Å². The SMILES string of the molecule is O[C@H](c1ccc(C(F)(F)F)cc1)c1nccn1C[C@H](O)c1ccc(Cl)cc1Cl. The van der Waals surface area contributed by atoms with E-state index in [0.29, 0.717) is 15.6 Å². The first kappa shape index (κ1) is 20.7. The smallest absolute Gasteiger partial charge is 0.386 e. The van der Waals surface area contributed by atoms with Crippen molar-refractivity contribution < 1.29 is 23.4 Å². The summed E-state index contributed by atoms with van der Waals surface area (Å²) in [5.41, 5.74) is -0.103. The third-order valence-corrected chi connectivity index (χ3v) is 4.80. The van der Waals surface area contributed by atoms with Crippen molar-refractivity contribution in [3.8, 4) is 0 Å². The highest BCUT2D eigenvalue weighted by molar-refractivity contribution is 6.35. The van der Waals surface area contributed by atoms with E-state index in [1.807, 2.05) is 0 Å². The van der Waals surface area contributed by atoms with Gasteiger partial charge in [0.25, 0.3) is 0 Å². The van der Waals surface area contributed by atoms with Gasteiger partial charge < -0.3 is 14.8 Å². The normalized spacial score (nSPS) is 14.1. The quantitative estimate of drug-likeness (QED) is 0.596. The molecule has 0 bridgehead atoms. The predicted molar refractivity (Wildman–Crippen MR) is 99.2 cm³/mol. The molecule has 0 saturated heterocycles. The van der Waals surface area contributed by atoms with Crippen molar-refractivity contribution in [3.63, 3.8) is 0 Å². The highest BCUT2D eigenvalue weighted by Crippen LogP contribution is 2.31. The van der Waals surface area contributed by atoms with Crippen molar-refractivity contribution in [2.24, 2.45) is 0 Å². The van der Waals surface area contributed by atoms with E-state index >= 15 is 0 Å². The zero-order valence-electron chi connectivity index (χ0n) is 14.2. The van der Waals surface area contributed by atoms with Crippen LogP contribution in [0, 0.1) is 0 Å². The third kappa shape index (κ3) is 4.50. The number of halogens is 5. The van der Waals surface area contributed by atoms with Crippen molar-refractivity contribution in [3.05, 3.63) is 87.4 Å². The van der Waals surface area contributed by atoms with Crippen molar-refractivity contribution in [2.75, 3.05) is 0 Å². The number of imidazole rings is 1. The maximum atomic E-state index is 12.7. The molecule has 0 radical (unpaired) electrons. The molecule has 4 nitrogen and oxygen atoms in total. The summed E-state index contributed by atoms with van der Waals surface area (Å²) in [4.78, 5) is 4.07. The Bertz CT molecular complexity index is 959. The molecule has 1 heterocycles. The average molecular weight is 431 g/mol. The van der Waals surface area contributed by atoms with Crippen LogP contribution in [0.25, 0.3) is 0 Å². The lowest BCUT2D eigenvalue weighted by Gasteiger charge is -2.18. The fraction of sp³-hybridized carbons (Fsp3) is 0.211. The molecular formula is C19H15Cl2F3N2O2. The van der Waals surface area contributed by atoms with Gasteiger partial charge in [0.1, 0.15) is 11.9 Å². The Morgan fingerprint density at radius 3 is 2.32 bits per heavy atom. The van der Waals surface area contributed by atoms with Gasteiger partial charge >= 0.3 is 6.18 Å². The van der Waals surface area contributed by atoms with Crippen LogP contribution in [0.3, 0.4) is 0 Å². The number of alkyl halides is 3. The number of aromatic nitrogens is 2. The maximum absolute atomic E-state index is 12.7. The van der Waals surface area contributed by atoms with Gasteiger partial charge in [-0.05, 0) is 29.8 Å². The Kier molecular flexibility index (Phi) is 6.00. The van der Waals surface area contributed by atoms with Crippen LogP contribution >= 0.6 is 23.2 Å². The summed E-state index contributed by atoms with van der Waals surface area (Å²) < 4.78 is 39.6. The second-order valence-corrected chi connectivity index (χ2v) is 6.99. The number of aliphatic hydroxyl groups excluding tert-OH is 2. The largest absolute Gasteiger partial charge is 0.416 e. The Labute approximate surface area is 168 Å². The first-order valence-electron chi connectivity index (χ1n) is 8.16. The molecule has 9 heteroatoms. The van der Waals surface area contributed by atoms with Crippen LogP contribution in [0.1, 0.15) is 34.7 Å². The zero-order valence-corrected chi connectivity index (χ0v) is 15.7. The van der Waals surface area contributed by atoms with Gasteiger partial charge in [-0.1, -0.05) is 41.4 Å². The summed E-state index contributed by atoms with van der Waals surface area (Å²) in [6.07, 6.45) is -3.74. The first-order valence-corrected chi connectivity index (χ1v) is 8.91. The lowest BCUT2D eigenvalue weighted by molar-refractivity contribution is -0.137. The standard InChI is InChI=1S/C19H15Cl2F3N2O2/c20-13-5-6-14(15(21)9-13)16(27)10-26-8-7-25-18(26)17(28)11-1-3-12(4-2-11)19(22,23)24/h1-9,16-17,27-28H,10H2/t16-,17+/m0/s1. The molecule has 148 valence electrons. The van der Waals surface area contributed by atoms with Crippen LogP contribution in [0.2, 0.25) is 10.0 Å². The van der Waals surface area contributed by atoms with Crippen molar-refractivity contribution in [1.29, 1.82) is 0 Å². The Morgan fingerprint density at radius 2 is 1.71 bits per heavy atom. The fourth-order valence-corrected chi connectivity index (χ4v) is 3.32. The van der Waals surface area contributed by atoms with Crippen LogP contribution in [-0.4, -0.2) is 19.8 Å². The third-order valence-electron chi connectivity index (χ3n) is 4.24. The Hall–Kier alpha value is -2.06. The van der Waals surface area contributed by atoms with E-state index in [1.54, 1.807) is 18.3 Å². The summed E-state index contributed by atoms with van der Waals surface area (Å²) in [6, 6.07) is 8.88. The van der Waals surface area contributed by atoms with Gasteiger partial charge in [0.2, 0.25) is 0 Å². The molecular weight excluding hydrogens is 416 g/mol. The summed E-state index contributed by atoms with van der Waals surface area (Å²) in [5.74, 6) is 0.184. The lowest BCUT2D eigenvalue weighted by Crippen LogP contribution is -2.15. The molecule has 0 aliphatic heterocycles. The molecule has 0 fully saturated rings. The number of benzene rings is 2. The van der Waals surface area contributed by atoms with Crippen molar-refractivity contribution in [1.82, 2.24) is 9.55 Å². The van der Waals surface area contributed by atoms with E-state index in [4.69, 9.17) is 23.2 Å². The number of aliphatic hydroxyl groups is 2. The van der Waals surface area contributed by atoms with E-state index < -0.39 is 23.9 Å². The molecule has 2 atom stereocenters. The van der Waals surface area contributed by atoms with E-state index in [2.05, 4.69) is 4.98 Å². The van der Waals surface area contributed by atoms with Gasteiger partial charge in [-0.15, -0.1) is 0 Å². The molecule has 3 rings (SSSR count). The number of hydrogen-bond acceptors (Lipinski definition) is 3. The summed E-state index contributed by atoms with van der Waals surface area (Å²) in [7, 11) is 0. The summed E-state index contributed by atoms with van der Waals surface area (Å²) >= 11 is 12.0. The molecule has 0 saturated carbocycles. The van der Waals surface area contributed by atoms with E-state index in [1.165, 1.54) is 29.0 Å². The van der Waals surface area contributed by atoms with Gasteiger partial charge in [0, 0.05) is 28.0 Å².